The van der Waals surface area contributed by atoms with Crippen molar-refractivity contribution in [1.29, 1.82) is 0 Å². The van der Waals surface area contributed by atoms with E-state index in [1.54, 1.807) is 53.9 Å². The van der Waals surface area contributed by atoms with E-state index < -0.39 is 0 Å². The van der Waals surface area contributed by atoms with Crippen LogP contribution in [0.2, 0.25) is 0 Å². The molecule has 6 aromatic rings. The molecule has 0 saturated carbocycles. The molecule has 1 aliphatic carbocycles. The number of nitrogens with zero attached hydrogens (tertiary/aromatic N) is 4. The summed E-state index contributed by atoms with van der Waals surface area (Å²) in [7, 11) is 4.21. The lowest BCUT2D eigenvalue weighted by Crippen LogP contribution is -2.40. The molecule has 0 unspecified atom stereocenters. The molecule has 0 N–H and O–H groups in total. The number of ketones is 2. The third-order valence-electron chi connectivity index (χ3n) is 10.1. The number of carbonyl (C=O) groups is 2. The van der Waals surface area contributed by atoms with Crippen molar-refractivity contribution in [2.75, 3.05) is 42.7 Å². The van der Waals surface area contributed by atoms with E-state index in [-0.39, 0.29) is 17.5 Å². The Morgan fingerprint density at radius 2 is 1.53 bits per heavy atom. The molecule has 9 heteroatoms. The van der Waals surface area contributed by atoms with Crippen molar-refractivity contribution >= 4 is 69.5 Å². The third-order valence-corrected chi connectivity index (χ3v) is 12.3. The summed E-state index contributed by atoms with van der Waals surface area (Å²) in [6.45, 7) is 1.11. The summed E-state index contributed by atoms with van der Waals surface area (Å²) in [5.74, 6) is 2.08. The number of pyridine rings is 1. The number of aliphatic imine (C=N–C) groups is 1. The van der Waals surface area contributed by atoms with Gasteiger partial charge in [-0.05, 0) is 78.4 Å². The molecule has 0 fully saturated rings. The zero-order valence-corrected chi connectivity index (χ0v) is 32.4. The van der Waals surface area contributed by atoms with E-state index in [9.17, 15) is 14.7 Å². The van der Waals surface area contributed by atoms with Crippen LogP contribution in [0.5, 0.6) is 0 Å². The van der Waals surface area contributed by atoms with E-state index in [4.69, 9.17) is 0 Å². The van der Waals surface area contributed by atoms with Crippen LogP contribution in [0.4, 0.5) is 11.5 Å². The van der Waals surface area contributed by atoms with Gasteiger partial charge in [-0.2, -0.15) is 16.3 Å². The predicted molar refractivity (Wildman–Crippen MR) is 225 cm³/mol. The van der Waals surface area contributed by atoms with Crippen molar-refractivity contribution in [2.24, 2.45) is 4.99 Å². The molecule has 0 spiro atoms. The molecule has 2 aliphatic rings. The average Bonchev–Trinajstić information content (AvgIpc) is 3.54. The largest absolute Gasteiger partial charge is 0.862 e. The SMILES string of the molecule is CN(CCCC([O-])=NCCSCc1ccc2c(c1)C(=O)c1ccccc1C2=O)c1cc(/C=C2/Sc3ccccc3N2C)c2ccccc2[n+]1-c1ccccc1. The number of hydrogen-bond donors (Lipinski definition) is 0. The number of thioether (sulfide) groups is 2. The lowest BCUT2D eigenvalue weighted by Gasteiger charge is -2.20. The molecule has 0 amide bonds. The van der Waals surface area contributed by atoms with Crippen LogP contribution in [0.15, 0.2) is 142 Å². The molecule has 0 saturated heterocycles. The number of carbonyl (C=O) groups excluding carboxylic acids is 2. The van der Waals surface area contributed by atoms with Gasteiger partial charge in [0.15, 0.2) is 11.6 Å². The maximum Gasteiger partial charge on any atom is 0.282 e. The number of para-hydroxylation sites is 3. The number of fused-ring (bicyclic) bond motifs is 4. The van der Waals surface area contributed by atoms with Crippen molar-refractivity contribution in [3.8, 4) is 5.69 Å². The Morgan fingerprint density at radius 1 is 0.836 bits per heavy atom. The average molecular weight is 761 g/mol. The number of benzene rings is 5. The Bertz CT molecular complexity index is 2500. The van der Waals surface area contributed by atoms with Gasteiger partial charge in [0.05, 0.1) is 24.3 Å². The summed E-state index contributed by atoms with van der Waals surface area (Å²) in [5, 5.41) is 15.2. The first kappa shape index (κ1) is 36.3. The first-order chi connectivity index (χ1) is 26.9. The lowest BCUT2D eigenvalue weighted by molar-refractivity contribution is -0.553. The Labute approximate surface area is 330 Å². The summed E-state index contributed by atoms with van der Waals surface area (Å²) in [6, 6.07) is 42.2. The third kappa shape index (κ3) is 7.42. The summed E-state index contributed by atoms with van der Waals surface area (Å²) in [5.41, 5.74) is 7.34. The second-order valence-corrected chi connectivity index (χ2v) is 15.9. The maximum atomic E-state index is 13.1. The standard InChI is InChI=1S/C46H40N4O3S2/c1-48(25-12-21-42(51)47-24-26-54-30-31-22-23-37-38(27-31)46(53)36-17-7-6-16-35(36)45(37)52)43-28-32(29-44-49(2)40-19-10-11-20-41(40)55-44)34-15-8-9-18-39(34)50(43)33-13-4-3-5-14-33/h3-11,13-20,22-23,27-29H,12,21,24-26,30H2,1-2H3. The zero-order valence-electron chi connectivity index (χ0n) is 30.8. The smallest absolute Gasteiger partial charge is 0.282 e. The molecular weight excluding hydrogens is 721 g/mol. The topological polar surface area (TPSA) is 79.9 Å². The molecule has 274 valence electrons. The van der Waals surface area contributed by atoms with Gasteiger partial charge in [0.1, 0.15) is 11.2 Å². The highest BCUT2D eigenvalue weighted by molar-refractivity contribution is 8.03. The lowest BCUT2D eigenvalue weighted by atomic mass is 9.83. The molecule has 5 aromatic carbocycles. The van der Waals surface area contributed by atoms with E-state index in [2.05, 4.69) is 118 Å². The maximum absolute atomic E-state index is 13.1. The number of rotatable bonds is 12. The van der Waals surface area contributed by atoms with Crippen LogP contribution in [-0.2, 0) is 5.75 Å². The van der Waals surface area contributed by atoms with Crippen LogP contribution >= 0.6 is 23.5 Å². The second-order valence-electron chi connectivity index (χ2n) is 13.7. The van der Waals surface area contributed by atoms with Gasteiger partial charge in [-0.25, -0.2) is 0 Å². The fraction of sp³-hybridized carbons (Fsp3) is 0.174. The molecule has 0 atom stereocenters. The molecule has 55 heavy (non-hydrogen) atoms. The second kappa shape index (κ2) is 16.0. The minimum Gasteiger partial charge on any atom is -0.862 e. The minimum atomic E-state index is -0.112. The van der Waals surface area contributed by atoms with Crippen molar-refractivity contribution < 1.29 is 19.3 Å². The summed E-state index contributed by atoms with van der Waals surface area (Å²) < 4.78 is 2.30. The molecule has 7 nitrogen and oxygen atoms in total. The summed E-state index contributed by atoms with van der Waals surface area (Å²) in [6.07, 6.45) is 3.32. The number of hydrogen-bond acceptors (Lipinski definition) is 8. The van der Waals surface area contributed by atoms with Gasteiger partial charge in [-0.1, -0.05) is 90.6 Å². The monoisotopic (exact) mass is 760 g/mol. The fourth-order valence-electron chi connectivity index (χ4n) is 7.27. The number of anilines is 2. The van der Waals surface area contributed by atoms with Crippen LogP contribution in [0.3, 0.4) is 0 Å². The summed E-state index contributed by atoms with van der Waals surface area (Å²) >= 11 is 3.44. The number of aromatic nitrogens is 1. The Kier molecular flexibility index (Phi) is 10.6. The van der Waals surface area contributed by atoms with Gasteiger partial charge in [0.2, 0.25) is 0 Å². The molecule has 1 aliphatic heterocycles. The Balaban J connectivity index is 0.922. The molecule has 8 rings (SSSR count). The fourth-order valence-corrected chi connectivity index (χ4v) is 9.15. The van der Waals surface area contributed by atoms with Gasteiger partial charge >= 0.3 is 0 Å². The van der Waals surface area contributed by atoms with Crippen molar-refractivity contribution in [3.05, 3.63) is 166 Å². The van der Waals surface area contributed by atoms with E-state index in [1.165, 1.54) is 15.6 Å². The van der Waals surface area contributed by atoms with Crippen LogP contribution in [0.25, 0.3) is 22.7 Å². The van der Waals surface area contributed by atoms with Gasteiger partial charge < -0.3 is 15.0 Å². The van der Waals surface area contributed by atoms with Crippen LogP contribution in [0, 0.1) is 0 Å². The van der Waals surface area contributed by atoms with Gasteiger partial charge in [-0.15, -0.1) is 0 Å². The first-order valence-electron chi connectivity index (χ1n) is 18.4. The molecule has 2 heterocycles. The van der Waals surface area contributed by atoms with Gasteiger partial charge in [-0.3, -0.25) is 14.5 Å². The quantitative estimate of drug-likeness (QED) is 0.0537. The molecule has 1 aromatic heterocycles. The van der Waals surface area contributed by atoms with E-state index in [1.807, 2.05) is 18.2 Å². The van der Waals surface area contributed by atoms with Crippen molar-refractivity contribution in [1.82, 2.24) is 0 Å². The van der Waals surface area contributed by atoms with Crippen LogP contribution in [-0.4, -0.2) is 50.4 Å². The van der Waals surface area contributed by atoms with E-state index in [0.717, 1.165) is 33.5 Å². The molecule has 0 radical (unpaired) electrons. The van der Waals surface area contributed by atoms with E-state index in [0.29, 0.717) is 59.7 Å². The molecule has 0 bridgehead atoms. The Morgan fingerprint density at radius 3 is 2.33 bits per heavy atom. The molecular formula is C46H40N4O3S2. The Hall–Kier alpha value is -5.64. The first-order valence-corrected chi connectivity index (χ1v) is 20.4. The van der Waals surface area contributed by atoms with Crippen molar-refractivity contribution in [2.45, 2.75) is 23.5 Å². The zero-order chi connectivity index (χ0) is 37.9. The van der Waals surface area contributed by atoms with E-state index >= 15 is 0 Å². The highest BCUT2D eigenvalue weighted by Gasteiger charge is 2.29. The predicted octanol–water partition coefficient (Wildman–Crippen LogP) is 8.34. The van der Waals surface area contributed by atoms with Gasteiger partial charge in [0.25, 0.3) is 5.82 Å². The minimum absolute atomic E-state index is 0.0914. The highest BCUT2D eigenvalue weighted by Crippen LogP contribution is 2.46. The normalized spacial score (nSPS) is 14.3. The van der Waals surface area contributed by atoms with Crippen molar-refractivity contribution in [3.63, 3.8) is 0 Å². The highest BCUT2D eigenvalue weighted by atomic mass is 32.2. The van der Waals surface area contributed by atoms with Crippen LogP contribution < -0.4 is 19.5 Å². The van der Waals surface area contributed by atoms with Crippen LogP contribution in [0.1, 0.15) is 55.8 Å². The summed E-state index contributed by atoms with van der Waals surface area (Å²) in [4.78, 5) is 36.1. The van der Waals surface area contributed by atoms with Gasteiger partial charge in [0, 0.05) is 63.7 Å².